The fraction of sp³-hybridized carbons (Fsp3) is 0.176. The molecule has 0 saturated heterocycles. The van der Waals surface area contributed by atoms with Gasteiger partial charge in [0.1, 0.15) is 5.69 Å². The second-order valence-corrected chi connectivity index (χ2v) is 6.37. The summed E-state index contributed by atoms with van der Waals surface area (Å²) in [6.45, 7) is -0.413. The Labute approximate surface area is 172 Å². The number of nitrogens with zero attached hydrogens (tertiary/aromatic N) is 1. The van der Waals surface area contributed by atoms with Crippen LogP contribution in [0.25, 0.3) is 22.0 Å². The highest BCUT2D eigenvalue weighted by Gasteiger charge is 2.20. The van der Waals surface area contributed by atoms with Crippen molar-refractivity contribution >= 4 is 34.4 Å². The first-order valence-electron chi connectivity index (χ1n) is 7.81. The second kappa shape index (κ2) is 9.27. The quantitative estimate of drug-likeness (QED) is 0.561. The third kappa shape index (κ3) is 4.37. The number of halogens is 3. The van der Waals surface area contributed by atoms with Crippen LogP contribution in [-0.2, 0) is 17.8 Å². The van der Waals surface area contributed by atoms with Crippen molar-refractivity contribution in [2.24, 2.45) is 0 Å². The molecule has 12 heteroatoms. The van der Waals surface area contributed by atoms with Crippen LogP contribution in [0.5, 0.6) is 11.5 Å². The average Bonchev–Trinajstić information content (AvgIpc) is 2.69. The highest BCUT2D eigenvalue weighted by Crippen LogP contribution is 2.35. The van der Waals surface area contributed by atoms with Crippen LogP contribution in [0.1, 0.15) is 5.56 Å². The smallest absolute Gasteiger partial charge is 0.272 e. The third-order valence-corrected chi connectivity index (χ3v) is 4.47. The van der Waals surface area contributed by atoms with Gasteiger partial charge in [0.05, 0.1) is 19.6 Å². The minimum Gasteiger partial charge on any atom is -0.760 e. The van der Waals surface area contributed by atoms with Gasteiger partial charge in [-0.25, -0.2) is 18.6 Å². The number of benzene rings is 2. The van der Waals surface area contributed by atoms with Crippen LogP contribution in [0.3, 0.4) is 0 Å². The summed E-state index contributed by atoms with van der Waals surface area (Å²) in [5.41, 5.74) is -0.949. The van der Waals surface area contributed by atoms with Gasteiger partial charge in [-0.3, -0.25) is 9.00 Å². The van der Waals surface area contributed by atoms with Gasteiger partial charge in [0.25, 0.3) is 5.56 Å². The summed E-state index contributed by atoms with van der Waals surface area (Å²) >= 11 is -2.62. The zero-order valence-electron chi connectivity index (χ0n) is 15.1. The summed E-state index contributed by atoms with van der Waals surface area (Å²) in [6, 6.07) is 5.33. The van der Waals surface area contributed by atoms with Crippen LogP contribution in [0.2, 0.25) is 0 Å². The Bertz CT molecular complexity index is 1140. The highest BCUT2D eigenvalue weighted by atomic mass is 35.5. The summed E-state index contributed by atoms with van der Waals surface area (Å²) < 4.78 is 62.5. The molecule has 3 rings (SSSR count). The third-order valence-electron chi connectivity index (χ3n) is 4.09. The van der Waals surface area contributed by atoms with Crippen molar-refractivity contribution < 1.29 is 27.0 Å². The SMILES string of the molecule is COc1cc2c(-c3ccc(CNS(=O)[O-])c(F)c3F)n[nH]c(=O)c2cc1OC.Cl. The molecule has 1 unspecified atom stereocenters. The van der Waals surface area contributed by atoms with Crippen LogP contribution in [-0.4, -0.2) is 33.2 Å². The Balaban J connectivity index is 0.00000300. The van der Waals surface area contributed by atoms with Crippen molar-refractivity contribution in [3.05, 3.63) is 51.8 Å². The molecule has 0 bridgehead atoms. The average molecular weight is 447 g/mol. The van der Waals surface area contributed by atoms with Crippen molar-refractivity contribution in [3.8, 4) is 22.8 Å². The Morgan fingerprint density at radius 2 is 1.76 bits per heavy atom. The Morgan fingerprint density at radius 1 is 1.14 bits per heavy atom. The number of methoxy groups -OCH3 is 2. The number of aromatic nitrogens is 2. The van der Waals surface area contributed by atoms with Crippen LogP contribution in [0.15, 0.2) is 29.1 Å². The molecule has 0 aliphatic heterocycles. The van der Waals surface area contributed by atoms with E-state index in [4.69, 9.17) is 9.47 Å². The lowest BCUT2D eigenvalue weighted by atomic mass is 10.0. The van der Waals surface area contributed by atoms with Crippen LogP contribution < -0.4 is 19.8 Å². The topological polar surface area (TPSA) is 116 Å². The monoisotopic (exact) mass is 446 g/mol. The van der Waals surface area contributed by atoms with Gasteiger partial charge in [-0.05, 0) is 18.2 Å². The first-order chi connectivity index (χ1) is 13.4. The first kappa shape index (κ1) is 22.7. The largest absolute Gasteiger partial charge is 0.760 e. The van der Waals surface area contributed by atoms with Crippen molar-refractivity contribution in [1.82, 2.24) is 14.9 Å². The summed E-state index contributed by atoms with van der Waals surface area (Å²) in [5.74, 6) is -1.89. The van der Waals surface area contributed by atoms with Gasteiger partial charge in [0.15, 0.2) is 23.1 Å². The predicted molar refractivity (Wildman–Crippen MR) is 104 cm³/mol. The van der Waals surface area contributed by atoms with Gasteiger partial charge >= 0.3 is 0 Å². The normalized spacial score (nSPS) is 11.8. The number of fused-ring (bicyclic) bond motifs is 1. The highest BCUT2D eigenvalue weighted by molar-refractivity contribution is 7.77. The van der Waals surface area contributed by atoms with E-state index in [0.717, 1.165) is 0 Å². The number of H-pyrrole nitrogens is 1. The molecule has 3 aromatic rings. The molecule has 0 aliphatic carbocycles. The Morgan fingerprint density at radius 3 is 2.34 bits per heavy atom. The summed E-state index contributed by atoms with van der Waals surface area (Å²) in [7, 11) is 2.79. The predicted octanol–water partition coefficient (Wildman–Crippen LogP) is 2.19. The zero-order valence-corrected chi connectivity index (χ0v) is 16.7. The number of aromatic amines is 1. The standard InChI is InChI=1S/C17H15F2N3O5S.ClH/c1-26-12-5-10-11(6-13(12)27-2)17(23)22-21-16(10)9-4-3-8(7-20-28(24)25)14(18)15(9)19;/h3-6,20H,7H2,1-2H3,(H,22,23)(H,24,25);1H/p-1. The van der Waals surface area contributed by atoms with Crippen molar-refractivity contribution in [1.29, 1.82) is 0 Å². The number of nitrogens with one attached hydrogen (secondary N) is 2. The maximum atomic E-state index is 14.7. The van der Waals surface area contributed by atoms with Gasteiger partial charge in [0.2, 0.25) is 0 Å². The molecule has 2 aromatic carbocycles. The van der Waals surface area contributed by atoms with E-state index in [1.165, 1.54) is 38.5 Å². The van der Waals surface area contributed by atoms with E-state index < -0.39 is 35.0 Å². The number of hydrogen-bond acceptors (Lipinski definition) is 6. The van der Waals surface area contributed by atoms with E-state index in [2.05, 4.69) is 10.2 Å². The molecule has 0 aliphatic rings. The van der Waals surface area contributed by atoms with E-state index in [1.807, 2.05) is 4.72 Å². The van der Waals surface area contributed by atoms with E-state index in [9.17, 15) is 22.3 Å². The molecular formula is C17H15ClF2N3O5S-. The molecule has 1 aromatic heterocycles. The van der Waals surface area contributed by atoms with E-state index in [0.29, 0.717) is 0 Å². The molecule has 2 N–H and O–H groups in total. The van der Waals surface area contributed by atoms with Gasteiger partial charge in [-0.2, -0.15) is 5.10 Å². The number of rotatable bonds is 6. The maximum absolute atomic E-state index is 14.7. The Hall–Kier alpha value is -2.60. The van der Waals surface area contributed by atoms with Crippen molar-refractivity contribution in [2.75, 3.05) is 14.2 Å². The number of ether oxygens (including phenoxy) is 2. The van der Waals surface area contributed by atoms with E-state index >= 15 is 0 Å². The zero-order chi connectivity index (χ0) is 20.4. The molecule has 8 nitrogen and oxygen atoms in total. The van der Waals surface area contributed by atoms with Gasteiger partial charge < -0.3 is 14.0 Å². The molecule has 0 radical (unpaired) electrons. The molecule has 0 saturated carbocycles. The van der Waals surface area contributed by atoms with Crippen LogP contribution in [0, 0.1) is 11.6 Å². The lowest BCUT2D eigenvalue weighted by Gasteiger charge is -2.13. The fourth-order valence-electron chi connectivity index (χ4n) is 2.74. The molecule has 0 spiro atoms. The lowest BCUT2D eigenvalue weighted by molar-refractivity contribution is 0.356. The lowest BCUT2D eigenvalue weighted by Crippen LogP contribution is -2.17. The first-order valence-corrected chi connectivity index (χ1v) is 8.89. The summed E-state index contributed by atoms with van der Waals surface area (Å²) in [4.78, 5) is 12.1. The van der Waals surface area contributed by atoms with Crippen LogP contribution in [0.4, 0.5) is 8.78 Å². The number of hydrogen-bond donors (Lipinski definition) is 2. The van der Waals surface area contributed by atoms with Gasteiger partial charge in [0, 0.05) is 34.3 Å². The van der Waals surface area contributed by atoms with Crippen molar-refractivity contribution in [2.45, 2.75) is 6.54 Å². The molecule has 156 valence electrons. The minimum atomic E-state index is -2.62. The second-order valence-electron chi connectivity index (χ2n) is 5.61. The van der Waals surface area contributed by atoms with Crippen molar-refractivity contribution in [3.63, 3.8) is 0 Å². The molecule has 1 atom stereocenters. The van der Waals surface area contributed by atoms with Gasteiger partial charge in [-0.1, -0.05) is 6.07 Å². The summed E-state index contributed by atoms with van der Waals surface area (Å²) in [6.07, 6.45) is 0. The van der Waals surface area contributed by atoms with E-state index in [1.54, 1.807) is 0 Å². The fourth-order valence-corrected chi connectivity index (χ4v) is 3.01. The van der Waals surface area contributed by atoms with Gasteiger partial charge in [-0.15, -0.1) is 12.4 Å². The summed E-state index contributed by atoms with van der Waals surface area (Å²) in [5, 5.41) is 6.48. The van der Waals surface area contributed by atoms with Crippen LogP contribution >= 0.6 is 12.4 Å². The molecule has 0 amide bonds. The molecule has 0 fully saturated rings. The Kier molecular flexibility index (Phi) is 7.25. The molecule has 29 heavy (non-hydrogen) atoms. The minimum absolute atomic E-state index is 0. The molecule has 1 heterocycles. The maximum Gasteiger partial charge on any atom is 0.272 e. The van der Waals surface area contributed by atoms with E-state index in [-0.39, 0.29) is 51.5 Å². The molecular weight excluding hydrogens is 432 g/mol.